The van der Waals surface area contributed by atoms with E-state index >= 15 is 0 Å². The van der Waals surface area contributed by atoms with Gasteiger partial charge in [-0.05, 0) is 39.0 Å². The summed E-state index contributed by atoms with van der Waals surface area (Å²) < 4.78 is 11.0. The van der Waals surface area contributed by atoms with Crippen molar-refractivity contribution < 1.29 is 19.4 Å². The molecule has 18 heavy (non-hydrogen) atoms. The van der Waals surface area contributed by atoms with Crippen molar-refractivity contribution in [1.29, 1.82) is 0 Å². The number of hydrogen-bond donors (Lipinski definition) is 1. The van der Waals surface area contributed by atoms with E-state index in [1.165, 1.54) is 0 Å². The van der Waals surface area contributed by atoms with Crippen molar-refractivity contribution in [2.45, 2.75) is 32.8 Å². The lowest BCUT2D eigenvalue weighted by Crippen LogP contribution is -2.21. The standard InChI is InChI=1S/C14H20O4/c1-4-17-13-9-11(10-15)5-6-12(13)18-8-7-14(2,3)16/h5-6,9-10,16H,4,7-8H2,1-3H3. The van der Waals surface area contributed by atoms with Crippen LogP contribution < -0.4 is 9.47 Å². The van der Waals surface area contributed by atoms with E-state index in [1.54, 1.807) is 32.0 Å². The van der Waals surface area contributed by atoms with Crippen molar-refractivity contribution in [3.05, 3.63) is 23.8 Å². The molecule has 1 rings (SSSR count). The number of benzene rings is 1. The SMILES string of the molecule is CCOc1cc(C=O)ccc1OCCC(C)(C)O. The van der Waals surface area contributed by atoms with E-state index in [0.717, 1.165) is 6.29 Å². The minimum Gasteiger partial charge on any atom is -0.490 e. The van der Waals surface area contributed by atoms with Crippen molar-refractivity contribution in [3.63, 3.8) is 0 Å². The summed E-state index contributed by atoms with van der Waals surface area (Å²) in [5.41, 5.74) is -0.206. The maximum Gasteiger partial charge on any atom is 0.161 e. The van der Waals surface area contributed by atoms with Crippen LogP contribution in [0.1, 0.15) is 37.6 Å². The molecule has 0 aromatic heterocycles. The smallest absolute Gasteiger partial charge is 0.161 e. The van der Waals surface area contributed by atoms with Gasteiger partial charge in [-0.25, -0.2) is 0 Å². The molecular weight excluding hydrogens is 232 g/mol. The number of carbonyl (C=O) groups excluding carboxylic acids is 1. The number of hydrogen-bond acceptors (Lipinski definition) is 4. The fourth-order valence-electron chi connectivity index (χ4n) is 1.40. The summed E-state index contributed by atoms with van der Waals surface area (Å²) >= 11 is 0. The van der Waals surface area contributed by atoms with Gasteiger partial charge in [-0.2, -0.15) is 0 Å². The zero-order chi connectivity index (χ0) is 13.6. The monoisotopic (exact) mass is 252 g/mol. The first-order valence-corrected chi connectivity index (χ1v) is 6.03. The number of aliphatic hydroxyl groups is 1. The minimum absolute atomic E-state index is 0.393. The Morgan fingerprint density at radius 3 is 2.56 bits per heavy atom. The predicted octanol–water partition coefficient (Wildman–Crippen LogP) is 2.44. The highest BCUT2D eigenvalue weighted by Gasteiger charge is 2.13. The molecule has 1 aromatic carbocycles. The molecule has 4 heteroatoms. The van der Waals surface area contributed by atoms with E-state index in [2.05, 4.69) is 0 Å². The predicted molar refractivity (Wildman–Crippen MR) is 69.4 cm³/mol. The van der Waals surface area contributed by atoms with E-state index in [-0.39, 0.29) is 0 Å². The summed E-state index contributed by atoms with van der Waals surface area (Å²) in [4.78, 5) is 10.7. The molecule has 0 fully saturated rings. The maximum atomic E-state index is 10.7. The molecule has 0 saturated carbocycles. The van der Waals surface area contributed by atoms with Gasteiger partial charge in [-0.1, -0.05) is 0 Å². The van der Waals surface area contributed by atoms with Gasteiger partial charge in [0, 0.05) is 12.0 Å². The normalized spacial score (nSPS) is 11.1. The van der Waals surface area contributed by atoms with Crippen molar-refractivity contribution in [1.82, 2.24) is 0 Å². The molecule has 0 unspecified atom stereocenters. The second-order valence-electron chi connectivity index (χ2n) is 4.67. The molecule has 100 valence electrons. The largest absolute Gasteiger partial charge is 0.490 e. The van der Waals surface area contributed by atoms with Gasteiger partial charge >= 0.3 is 0 Å². The Labute approximate surface area is 108 Å². The van der Waals surface area contributed by atoms with Crippen LogP contribution >= 0.6 is 0 Å². The highest BCUT2D eigenvalue weighted by molar-refractivity contribution is 5.76. The Kier molecular flexibility index (Phi) is 5.16. The summed E-state index contributed by atoms with van der Waals surface area (Å²) in [7, 11) is 0. The summed E-state index contributed by atoms with van der Waals surface area (Å²) in [5.74, 6) is 1.14. The number of rotatable bonds is 7. The summed E-state index contributed by atoms with van der Waals surface area (Å²) in [6, 6.07) is 5.03. The first-order chi connectivity index (χ1) is 8.46. The van der Waals surface area contributed by atoms with E-state index in [1.807, 2.05) is 6.92 Å². The van der Waals surface area contributed by atoms with Crippen LogP contribution in [0.2, 0.25) is 0 Å². The fraction of sp³-hybridized carbons (Fsp3) is 0.500. The maximum absolute atomic E-state index is 10.7. The molecule has 0 radical (unpaired) electrons. The molecule has 4 nitrogen and oxygen atoms in total. The van der Waals surface area contributed by atoms with Gasteiger partial charge in [-0.3, -0.25) is 4.79 Å². The molecule has 0 heterocycles. The molecule has 0 aliphatic heterocycles. The van der Waals surface area contributed by atoms with E-state index in [0.29, 0.717) is 36.7 Å². The van der Waals surface area contributed by atoms with Gasteiger partial charge < -0.3 is 14.6 Å². The summed E-state index contributed by atoms with van der Waals surface area (Å²) in [6.07, 6.45) is 1.29. The lowest BCUT2D eigenvalue weighted by atomic mass is 10.1. The Morgan fingerprint density at radius 2 is 2.00 bits per heavy atom. The minimum atomic E-state index is -0.755. The van der Waals surface area contributed by atoms with Crippen molar-refractivity contribution in [2.24, 2.45) is 0 Å². The Hall–Kier alpha value is -1.55. The number of aldehydes is 1. The average molecular weight is 252 g/mol. The van der Waals surface area contributed by atoms with Crippen LogP contribution in [0, 0.1) is 0 Å². The third-order valence-corrected chi connectivity index (χ3v) is 2.38. The third kappa shape index (κ3) is 4.75. The molecule has 0 spiro atoms. The third-order valence-electron chi connectivity index (χ3n) is 2.38. The zero-order valence-electron chi connectivity index (χ0n) is 11.1. The first-order valence-electron chi connectivity index (χ1n) is 6.03. The fourth-order valence-corrected chi connectivity index (χ4v) is 1.40. The van der Waals surface area contributed by atoms with Crippen LogP contribution in [0.25, 0.3) is 0 Å². The lowest BCUT2D eigenvalue weighted by Gasteiger charge is -2.18. The Bertz CT molecular complexity index is 393. The van der Waals surface area contributed by atoms with E-state index < -0.39 is 5.60 Å². The second-order valence-corrected chi connectivity index (χ2v) is 4.67. The second kappa shape index (κ2) is 6.40. The van der Waals surface area contributed by atoms with Crippen LogP contribution in [-0.4, -0.2) is 30.2 Å². The van der Waals surface area contributed by atoms with Crippen LogP contribution in [0.3, 0.4) is 0 Å². The van der Waals surface area contributed by atoms with Crippen LogP contribution in [0.5, 0.6) is 11.5 Å². The first kappa shape index (κ1) is 14.5. The highest BCUT2D eigenvalue weighted by atomic mass is 16.5. The Balaban J connectivity index is 2.71. The number of carbonyl (C=O) groups is 1. The molecule has 1 aromatic rings. The molecule has 0 amide bonds. The van der Waals surface area contributed by atoms with E-state index in [9.17, 15) is 9.90 Å². The van der Waals surface area contributed by atoms with E-state index in [4.69, 9.17) is 9.47 Å². The van der Waals surface area contributed by atoms with Gasteiger partial charge in [0.25, 0.3) is 0 Å². The van der Waals surface area contributed by atoms with Crippen molar-refractivity contribution >= 4 is 6.29 Å². The molecule has 0 bridgehead atoms. The summed E-state index contributed by atoms with van der Waals surface area (Å²) in [6.45, 7) is 6.23. The average Bonchev–Trinajstić information content (AvgIpc) is 2.29. The quantitative estimate of drug-likeness (QED) is 0.757. The Morgan fingerprint density at radius 1 is 1.28 bits per heavy atom. The highest BCUT2D eigenvalue weighted by Crippen LogP contribution is 2.28. The van der Waals surface area contributed by atoms with Crippen molar-refractivity contribution in [3.8, 4) is 11.5 Å². The van der Waals surface area contributed by atoms with Gasteiger partial charge in [0.15, 0.2) is 11.5 Å². The molecule has 0 atom stereocenters. The van der Waals surface area contributed by atoms with Crippen LogP contribution in [0.4, 0.5) is 0 Å². The van der Waals surface area contributed by atoms with Gasteiger partial charge in [0.2, 0.25) is 0 Å². The van der Waals surface area contributed by atoms with Crippen LogP contribution in [0.15, 0.2) is 18.2 Å². The molecule has 0 aliphatic rings. The number of ether oxygens (including phenoxy) is 2. The lowest BCUT2D eigenvalue weighted by molar-refractivity contribution is 0.0548. The molecular formula is C14H20O4. The van der Waals surface area contributed by atoms with Gasteiger partial charge in [-0.15, -0.1) is 0 Å². The van der Waals surface area contributed by atoms with Gasteiger partial charge in [0.05, 0.1) is 18.8 Å². The molecule has 0 saturated heterocycles. The molecule has 1 N–H and O–H groups in total. The van der Waals surface area contributed by atoms with Gasteiger partial charge in [0.1, 0.15) is 6.29 Å². The molecule has 0 aliphatic carbocycles. The van der Waals surface area contributed by atoms with Crippen molar-refractivity contribution in [2.75, 3.05) is 13.2 Å². The summed E-state index contributed by atoms with van der Waals surface area (Å²) in [5, 5.41) is 9.59. The zero-order valence-corrected chi connectivity index (χ0v) is 11.1. The topological polar surface area (TPSA) is 55.8 Å². The van der Waals surface area contributed by atoms with Crippen LogP contribution in [-0.2, 0) is 0 Å².